The number of hydrogen-bond acceptors (Lipinski definition) is 5. The molecule has 0 N–H and O–H groups in total. The van der Waals surface area contributed by atoms with Gasteiger partial charge in [-0.3, -0.25) is 4.79 Å². The van der Waals surface area contributed by atoms with Gasteiger partial charge in [0.2, 0.25) is 0 Å². The van der Waals surface area contributed by atoms with Crippen molar-refractivity contribution in [3.63, 3.8) is 0 Å². The van der Waals surface area contributed by atoms with E-state index in [1.165, 1.54) is 11.3 Å². The van der Waals surface area contributed by atoms with E-state index in [-0.39, 0.29) is 5.78 Å². The fourth-order valence-corrected chi connectivity index (χ4v) is 3.76. The van der Waals surface area contributed by atoms with Crippen LogP contribution in [0.15, 0.2) is 18.2 Å². The number of ether oxygens (including phenoxy) is 2. The fourth-order valence-electron chi connectivity index (χ4n) is 2.69. The van der Waals surface area contributed by atoms with Crippen LogP contribution >= 0.6 is 11.3 Å². The smallest absolute Gasteiger partial charge is 0.174 e. The molecule has 0 fully saturated rings. The quantitative estimate of drug-likeness (QED) is 0.809. The number of carbonyl (C=O) groups is 1. The number of ketones is 1. The second kappa shape index (κ2) is 5.15. The van der Waals surface area contributed by atoms with Crippen molar-refractivity contribution in [3.8, 4) is 22.1 Å². The topological polar surface area (TPSA) is 48.4 Å². The van der Waals surface area contributed by atoms with Gasteiger partial charge in [0.25, 0.3) is 0 Å². The van der Waals surface area contributed by atoms with Crippen molar-refractivity contribution < 1.29 is 14.3 Å². The molecule has 108 valence electrons. The van der Waals surface area contributed by atoms with E-state index >= 15 is 0 Å². The van der Waals surface area contributed by atoms with Crippen molar-refractivity contribution in [1.29, 1.82) is 0 Å². The number of rotatable bonds is 1. The maximum atomic E-state index is 11.9. The van der Waals surface area contributed by atoms with Gasteiger partial charge in [-0.05, 0) is 31.0 Å². The lowest BCUT2D eigenvalue weighted by Gasteiger charge is -2.07. The summed E-state index contributed by atoms with van der Waals surface area (Å²) in [5.74, 6) is 1.78. The van der Waals surface area contributed by atoms with E-state index < -0.39 is 0 Å². The van der Waals surface area contributed by atoms with Gasteiger partial charge in [0, 0.05) is 18.4 Å². The van der Waals surface area contributed by atoms with E-state index in [1.807, 2.05) is 18.2 Å². The Kier molecular flexibility index (Phi) is 3.15. The van der Waals surface area contributed by atoms with Crippen LogP contribution in [0.3, 0.4) is 0 Å². The molecule has 2 aliphatic rings. The summed E-state index contributed by atoms with van der Waals surface area (Å²) in [5.41, 5.74) is 1.95. The molecular formula is C16H15NO3S. The van der Waals surface area contributed by atoms with Crippen LogP contribution in [0.25, 0.3) is 10.6 Å². The lowest BCUT2D eigenvalue weighted by atomic mass is 10.0. The van der Waals surface area contributed by atoms with E-state index in [4.69, 9.17) is 9.47 Å². The van der Waals surface area contributed by atoms with Crippen LogP contribution in [0.4, 0.5) is 0 Å². The molecule has 0 spiro atoms. The van der Waals surface area contributed by atoms with E-state index in [0.29, 0.717) is 19.6 Å². The third kappa shape index (κ3) is 2.31. The number of thiazole rings is 1. The summed E-state index contributed by atoms with van der Waals surface area (Å²) in [6.07, 6.45) is 3.36. The molecule has 1 aliphatic carbocycles. The van der Waals surface area contributed by atoms with Gasteiger partial charge in [0.15, 0.2) is 17.3 Å². The standard InChI is InChI=1S/C16H15NO3S/c18-12-4-1-3-11-15(12)21-16(17-11)10-5-6-13-14(9-10)20-8-2-7-19-13/h5-6,9H,1-4,7-8H2. The summed E-state index contributed by atoms with van der Waals surface area (Å²) < 4.78 is 11.4. The molecule has 0 atom stereocenters. The van der Waals surface area contributed by atoms with Crippen molar-refractivity contribution >= 4 is 17.1 Å². The number of aromatic nitrogens is 1. The number of aryl methyl sites for hydroxylation is 1. The number of Topliss-reactive ketones (excluding diaryl/α,β-unsaturated/α-hetero) is 1. The third-order valence-corrected chi connectivity index (χ3v) is 4.95. The molecule has 0 radical (unpaired) electrons. The molecule has 4 nitrogen and oxygen atoms in total. The molecule has 1 aromatic carbocycles. The van der Waals surface area contributed by atoms with Gasteiger partial charge < -0.3 is 9.47 Å². The lowest BCUT2D eigenvalue weighted by molar-refractivity contribution is 0.0976. The van der Waals surface area contributed by atoms with Gasteiger partial charge in [-0.15, -0.1) is 11.3 Å². The van der Waals surface area contributed by atoms with Gasteiger partial charge in [0.1, 0.15) is 5.01 Å². The maximum Gasteiger partial charge on any atom is 0.174 e. The lowest BCUT2D eigenvalue weighted by Crippen LogP contribution is -2.07. The summed E-state index contributed by atoms with van der Waals surface area (Å²) in [6, 6.07) is 5.88. The summed E-state index contributed by atoms with van der Waals surface area (Å²) in [5, 5.41) is 0.894. The molecule has 0 bridgehead atoms. The van der Waals surface area contributed by atoms with E-state index in [1.54, 1.807) is 0 Å². The minimum Gasteiger partial charge on any atom is -0.490 e. The van der Waals surface area contributed by atoms with E-state index in [2.05, 4.69) is 4.98 Å². The Morgan fingerprint density at radius 1 is 1.05 bits per heavy atom. The molecule has 0 unspecified atom stereocenters. The highest BCUT2D eigenvalue weighted by Gasteiger charge is 2.23. The predicted molar refractivity (Wildman–Crippen MR) is 80.4 cm³/mol. The number of hydrogen-bond donors (Lipinski definition) is 0. The molecule has 1 aliphatic heterocycles. The fraction of sp³-hybridized carbons (Fsp3) is 0.375. The largest absolute Gasteiger partial charge is 0.490 e. The number of carbonyl (C=O) groups excluding carboxylic acids is 1. The molecule has 5 heteroatoms. The van der Waals surface area contributed by atoms with Gasteiger partial charge in [-0.2, -0.15) is 0 Å². The first-order valence-electron chi connectivity index (χ1n) is 7.24. The Morgan fingerprint density at radius 3 is 2.76 bits per heavy atom. The van der Waals surface area contributed by atoms with Crippen LogP contribution < -0.4 is 9.47 Å². The van der Waals surface area contributed by atoms with Crippen molar-refractivity contribution in [2.24, 2.45) is 0 Å². The van der Waals surface area contributed by atoms with Gasteiger partial charge in [0.05, 0.1) is 23.8 Å². The zero-order valence-corrected chi connectivity index (χ0v) is 12.4. The average molecular weight is 301 g/mol. The van der Waals surface area contributed by atoms with E-state index in [9.17, 15) is 4.79 Å². The van der Waals surface area contributed by atoms with Crippen molar-refractivity contribution in [2.75, 3.05) is 13.2 Å². The summed E-state index contributed by atoms with van der Waals surface area (Å²) in [4.78, 5) is 17.4. The maximum absolute atomic E-state index is 11.9. The highest BCUT2D eigenvalue weighted by Crippen LogP contribution is 2.37. The Bertz CT molecular complexity index is 708. The monoisotopic (exact) mass is 301 g/mol. The second-order valence-corrected chi connectivity index (χ2v) is 6.28. The van der Waals surface area contributed by atoms with Gasteiger partial charge in [-0.25, -0.2) is 4.98 Å². The first-order valence-corrected chi connectivity index (χ1v) is 8.06. The SMILES string of the molecule is O=C1CCCc2nc(-c3ccc4c(c3)OCCCO4)sc21. The van der Waals surface area contributed by atoms with Crippen LogP contribution in [-0.2, 0) is 6.42 Å². The molecule has 1 aromatic heterocycles. The predicted octanol–water partition coefficient (Wildman–Crippen LogP) is 3.49. The van der Waals surface area contributed by atoms with Crippen LogP contribution in [0.2, 0.25) is 0 Å². The van der Waals surface area contributed by atoms with Gasteiger partial charge in [-0.1, -0.05) is 0 Å². The Hall–Kier alpha value is -1.88. The molecular weight excluding hydrogens is 286 g/mol. The first kappa shape index (κ1) is 12.8. The normalized spacial score (nSPS) is 17.2. The number of fused-ring (bicyclic) bond motifs is 2. The van der Waals surface area contributed by atoms with Crippen LogP contribution in [0, 0.1) is 0 Å². The summed E-state index contributed by atoms with van der Waals surface area (Å²) in [6.45, 7) is 1.36. The molecule has 4 rings (SSSR count). The van der Waals surface area contributed by atoms with E-state index in [0.717, 1.165) is 51.9 Å². The number of nitrogens with zero attached hydrogens (tertiary/aromatic N) is 1. The van der Waals surface area contributed by atoms with Gasteiger partial charge >= 0.3 is 0 Å². The Morgan fingerprint density at radius 2 is 1.90 bits per heavy atom. The molecule has 2 heterocycles. The van der Waals surface area contributed by atoms with Crippen molar-refractivity contribution in [1.82, 2.24) is 4.98 Å². The molecule has 2 aromatic rings. The van der Waals surface area contributed by atoms with Crippen molar-refractivity contribution in [3.05, 3.63) is 28.8 Å². The Balaban J connectivity index is 1.73. The first-order chi connectivity index (χ1) is 10.3. The van der Waals surface area contributed by atoms with Crippen LogP contribution in [0.1, 0.15) is 34.6 Å². The minimum absolute atomic E-state index is 0.231. The second-order valence-electron chi connectivity index (χ2n) is 5.28. The molecule has 0 saturated carbocycles. The third-order valence-electron chi connectivity index (χ3n) is 3.76. The minimum atomic E-state index is 0.231. The van der Waals surface area contributed by atoms with Crippen molar-refractivity contribution in [2.45, 2.75) is 25.7 Å². The zero-order chi connectivity index (χ0) is 14.2. The Labute approximate surface area is 126 Å². The zero-order valence-electron chi connectivity index (χ0n) is 11.6. The highest BCUT2D eigenvalue weighted by atomic mass is 32.1. The summed E-state index contributed by atoms with van der Waals surface area (Å²) in [7, 11) is 0. The van der Waals surface area contributed by atoms with Crippen LogP contribution in [-0.4, -0.2) is 24.0 Å². The molecule has 21 heavy (non-hydrogen) atoms. The average Bonchev–Trinajstić information content (AvgIpc) is 2.80. The molecule has 0 saturated heterocycles. The highest BCUT2D eigenvalue weighted by molar-refractivity contribution is 7.17. The molecule has 0 amide bonds. The summed E-state index contributed by atoms with van der Waals surface area (Å²) >= 11 is 1.50. The van der Waals surface area contributed by atoms with Crippen LogP contribution in [0.5, 0.6) is 11.5 Å². The number of benzene rings is 1.